The summed E-state index contributed by atoms with van der Waals surface area (Å²) in [5.74, 6) is 0.266. The Labute approximate surface area is 129 Å². The fourth-order valence-corrected chi connectivity index (χ4v) is 3.20. The van der Waals surface area contributed by atoms with Crippen LogP contribution < -0.4 is 4.72 Å². The summed E-state index contributed by atoms with van der Waals surface area (Å²) in [6.45, 7) is 1.99. The highest BCUT2D eigenvalue weighted by molar-refractivity contribution is 7.92. The lowest BCUT2D eigenvalue weighted by Crippen LogP contribution is -2.12. The first-order chi connectivity index (χ1) is 10.6. The second-order valence-corrected chi connectivity index (χ2v) is 6.58. The van der Waals surface area contributed by atoms with E-state index in [2.05, 4.69) is 14.9 Å². The third-order valence-corrected chi connectivity index (χ3v) is 4.68. The molecule has 112 valence electrons. The van der Waals surface area contributed by atoms with Crippen molar-refractivity contribution in [1.29, 1.82) is 0 Å². The lowest BCUT2D eigenvalue weighted by atomic mass is 10.1. The van der Waals surface area contributed by atoms with Gasteiger partial charge in [0.05, 0.1) is 10.6 Å². The van der Waals surface area contributed by atoms with Gasteiger partial charge < -0.3 is 0 Å². The average molecular weight is 313 g/mol. The van der Waals surface area contributed by atoms with Gasteiger partial charge in [-0.15, -0.1) is 0 Å². The van der Waals surface area contributed by atoms with Crippen molar-refractivity contribution >= 4 is 15.8 Å². The number of nitrogens with zero attached hydrogens (tertiary/aromatic N) is 1. The molecule has 0 bridgehead atoms. The van der Waals surface area contributed by atoms with Gasteiger partial charge in [0.2, 0.25) is 0 Å². The summed E-state index contributed by atoms with van der Waals surface area (Å²) < 4.78 is 27.0. The summed E-state index contributed by atoms with van der Waals surface area (Å²) in [6, 6.07) is 17.7. The van der Waals surface area contributed by atoms with E-state index in [0.717, 1.165) is 16.8 Å². The van der Waals surface area contributed by atoms with Crippen molar-refractivity contribution in [1.82, 2.24) is 10.2 Å². The highest BCUT2D eigenvalue weighted by Crippen LogP contribution is 2.24. The van der Waals surface area contributed by atoms with Gasteiger partial charge in [0.25, 0.3) is 10.0 Å². The van der Waals surface area contributed by atoms with E-state index in [1.54, 1.807) is 24.3 Å². The lowest BCUT2D eigenvalue weighted by Gasteiger charge is -2.04. The molecule has 1 aromatic heterocycles. The van der Waals surface area contributed by atoms with E-state index in [0.29, 0.717) is 0 Å². The Kier molecular flexibility index (Phi) is 3.68. The van der Waals surface area contributed by atoms with Crippen LogP contribution in [-0.4, -0.2) is 18.6 Å². The molecular weight excluding hydrogens is 298 g/mol. The predicted octanol–water partition coefficient (Wildman–Crippen LogP) is 3.19. The molecule has 0 atom stereocenters. The van der Waals surface area contributed by atoms with Crippen molar-refractivity contribution in [2.75, 3.05) is 4.72 Å². The molecule has 3 aromatic rings. The summed E-state index contributed by atoms with van der Waals surface area (Å²) >= 11 is 0. The van der Waals surface area contributed by atoms with Gasteiger partial charge in [-0.1, -0.05) is 42.5 Å². The van der Waals surface area contributed by atoms with Gasteiger partial charge in [-0.05, 0) is 24.6 Å². The van der Waals surface area contributed by atoms with Gasteiger partial charge in [-0.2, -0.15) is 5.10 Å². The molecule has 0 aliphatic carbocycles. The van der Waals surface area contributed by atoms with Crippen molar-refractivity contribution in [2.45, 2.75) is 11.8 Å². The summed E-state index contributed by atoms with van der Waals surface area (Å²) in [5, 5.41) is 6.89. The number of benzene rings is 2. The predicted molar refractivity (Wildman–Crippen MR) is 86.0 cm³/mol. The van der Waals surface area contributed by atoms with Gasteiger partial charge in [0.1, 0.15) is 0 Å². The monoisotopic (exact) mass is 313 g/mol. The maximum atomic E-state index is 12.2. The molecule has 0 spiro atoms. The largest absolute Gasteiger partial charge is 0.276 e. The molecule has 5 nitrogen and oxygen atoms in total. The van der Waals surface area contributed by atoms with E-state index in [1.807, 2.05) is 31.2 Å². The number of hydrogen-bond donors (Lipinski definition) is 2. The van der Waals surface area contributed by atoms with E-state index >= 15 is 0 Å². The van der Waals surface area contributed by atoms with Crippen LogP contribution in [0.2, 0.25) is 0 Å². The van der Waals surface area contributed by atoms with Crippen molar-refractivity contribution in [3.8, 4) is 11.3 Å². The quantitative estimate of drug-likeness (QED) is 0.777. The first-order valence-corrected chi connectivity index (χ1v) is 8.24. The fraction of sp³-hybridized carbons (Fsp3) is 0.0625. The highest BCUT2D eigenvalue weighted by Gasteiger charge is 2.15. The van der Waals surface area contributed by atoms with Crippen molar-refractivity contribution in [3.05, 3.63) is 66.2 Å². The zero-order valence-electron chi connectivity index (χ0n) is 11.9. The lowest BCUT2D eigenvalue weighted by molar-refractivity contribution is 0.601. The zero-order valence-corrected chi connectivity index (χ0v) is 12.8. The van der Waals surface area contributed by atoms with Crippen LogP contribution in [0, 0.1) is 6.92 Å². The minimum atomic E-state index is -3.62. The number of hydrogen-bond acceptors (Lipinski definition) is 3. The summed E-state index contributed by atoms with van der Waals surface area (Å²) in [4.78, 5) is 0.204. The standard InChI is InChI=1S/C16H15N3O2S/c1-12-7-5-6-10-14(12)15-11-16(18-17-15)19-22(20,21)13-8-3-2-4-9-13/h2-11H,1H3,(H2,17,18,19). The molecule has 6 heteroatoms. The van der Waals surface area contributed by atoms with E-state index in [9.17, 15) is 8.42 Å². The Hall–Kier alpha value is -2.60. The number of nitrogens with one attached hydrogen (secondary N) is 2. The number of rotatable bonds is 4. The zero-order chi connectivity index (χ0) is 15.6. The smallest absolute Gasteiger partial charge is 0.263 e. The number of aryl methyl sites for hydroxylation is 1. The minimum absolute atomic E-state index is 0.204. The van der Waals surface area contributed by atoms with Crippen molar-refractivity contribution < 1.29 is 8.42 Å². The highest BCUT2D eigenvalue weighted by atomic mass is 32.2. The molecule has 0 aliphatic heterocycles. The third kappa shape index (κ3) is 2.87. The van der Waals surface area contributed by atoms with Crippen molar-refractivity contribution in [3.63, 3.8) is 0 Å². The van der Waals surface area contributed by atoms with E-state index < -0.39 is 10.0 Å². The molecule has 2 aromatic carbocycles. The summed E-state index contributed by atoms with van der Waals surface area (Å²) in [7, 11) is -3.62. The number of anilines is 1. The number of aromatic amines is 1. The Bertz CT molecular complexity index is 887. The van der Waals surface area contributed by atoms with Crippen LogP contribution in [0.4, 0.5) is 5.82 Å². The molecule has 0 saturated carbocycles. The van der Waals surface area contributed by atoms with Gasteiger partial charge in [0, 0.05) is 11.6 Å². The molecule has 2 N–H and O–H groups in total. The Morgan fingerprint density at radius 3 is 2.41 bits per heavy atom. The van der Waals surface area contributed by atoms with Crippen LogP contribution in [0.3, 0.4) is 0 Å². The van der Waals surface area contributed by atoms with Crippen LogP contribution in [0.25, 0.3) is 11.3 Å². The molecule has 3 rings (SSSR count). The van der Waals surface area contributed by atoms with E-state index in [4.69, 9.17) is 0 Å². The van der Waals surface area contributed by atoms with E-state index in [1.165, 1.54) is 12.1 Å². The molecule has 0 amide bonds. The molecule has 0 fully saturated rings. The Balaban J connectivity index is 1.88. The van der Waals surface area contributed by atoms with Crippen LogP contribution in [0.1, 0.15) is 5.56 Å². The SMILES string of the molecule is Cc1ccccc1-c1cc(NS(=O)(=O)c2ccccc2)n[nH]1. The summed E-state index contributed by atoms with van der Waals surface area (Å²) in [5.41, 5.74) is 2.84. The topological polar surface area (TPSA) is 74.8 Å². The minimum Gasteiger partial charge on any atom is -0.276 e. The third-order valence-electron chi connectivity index (χ3n) is 3.31. The van der Waals surface area contributed by atoms with Gasteiger partial charge in [-0.25, -0.2) is 8.42 Å². The van der Waals surface area contributed by atoms with Gasteiger partial charge in [-0.3, -0.25) is 9.82 Å². The first-order valence-electron chi connectivity index (χ1n) is 6.75. The Morgan fingerprint density at radius 2 is 1.68 bits per heavy atom. The molecule has 0 aliphatic rings. The van der Waals surface area contributed by atoms with Crippen LogP contribution >= 0.6 is 0 Å². The maximum absolute atomic E-state index is 12.2. The second-order valence-electron chi connectivity index (χ2n) is 4.90. The molecule has 0 saturated heterocycles. The molecule has 0 radical (unpaired) electrons. The number of aromatic nitrogens is 2. The van der Waals surface area contributed by atoms with Gasteiger partial charge in [0.15, 0.2) is 5.82 Å². The van der Waals surface area contributed by atoms with Crippen LogP contribution in [-0.2, 0) is 10.0 Å². The fourth-order valence-electron chi connectivity index (χ4n) is 2.18. The number of H-pyrrole nitrogens is 1. The number of sulfonamides is 1. The first kappa shape index (κ1) is 14.3. The molecule has 0 unspecified atom stereocenters. The average Bonchev–Trinajstić information content (AvgIpc) is 2.96. The Morgan fingerprint density at radius 1 is 1.00 bits per heavy atom. The maximum Gasteiger partial charge on any atom is 0.263 e. The molecule has 1 heterocycles. The van der Waals surface area contributed by atoms with Crippen LogP contribution in [0.5, 0.6) is 0 Å². The summed E-state index contributed by atoms with van der Waals surface area (Å²) in [6.07, 6.45) is 0. The van der Waals surface area contributed by atoms with E-state index in [-0.39, 0.29) is 10.7 Å². The normalized spacial score (nSPS) is 11.3. The van der Waals surface area contributed by atoms with Crippen LogP contribution in [0.15, 0.2) is 65.6 Å². The van der Waals surface area contributed by atoms with Crippen molar-refractivity contribution in [2.24, 2.45) is 0 Å². The molecule has 22 heavy (non-hydrogen) atoms. The second kappa shape index (κ2) is 5.65. The van der Waals surface area contributed by atoms with Gasteiger partial charge >= 0.3 is 0 Å². The molecular formula is C16H15N3O2S.